The topological polar surface area (TPSA) is 74.1 Å². The molecular formula is C21H17N3O3. The van der Waals surface area contributed by atoms with Crippen molar-refractivity contribution in [2.75, 3.05) is 0 Å². The molecule has 4 aromatic rings. The second kappa shape index (κ2) is 6.99. The maximum Gasteiger partial charge on any atom is 0.312 e. The zero-order valence-electron chi connectivity index (χ0n) is 14.8. The molecule has 0 radical (unpaired) electrons. The number of aryl methyl sites for hydroxylation is 1. The SMILES string of the molecule is Cn1nc(CC(=O)OCc2cccc3cccnc23)c2ccccc2c1=O. The Bertz CT molecular complexity index is 1210. The van der Waals surface area contributed by atoms with E-state index in [9.17, 15) is 9.59 Å². The van der Waals surface area contributed by atoms with Crippen molar-refractivity contribution in [2.24, 2.45) is 7.05 Å². The number of pyridine rings is 1. The predicted octanol–water partition coefficient (Wildman–Crippen LogP) is 2.77. The molecule has 6 heteroatoms. The average molecular weight is 359 g/mol. The molecule has 0 saturated heterocycles. The summed E-state index contributed by atoms with van der Waals surface area (Å²) in [6.45, 7) is 0.136. The van der Waals surface area contributed by atoms with Gasteiger partial charge in [0.05, 0.1) is 23.0 Å². The second-order valence-corrected chi connectivity index (χ2v) is 6.25. The molecule has 134 valence electrons. The van der Waals surface area contributed by atoms with E-state index in [1.165, 1.54) is 4.68 Å². The molecule has 0 spiro atoms. The number of hydrogen-bond acceptors (Lipinski definition) is 5. The lowest BCUT2D eigenvalue weighted by atomic mass is 10.1. The van der Waals surface area contributed by atoms with Crippen LogP contribution in [-0.4, -0.2) is 20.7 Å². The normalized spacial score (nSPS) is 11.0. The van der Waals surface area contributed by atoms with Crippen molar-refractivity contribution >= 4 is 27.6 Å². The van der Waals surface area contributed by atoms with Gasteiger partial charge in [-0.1, -0.05) is 42.5 Å². The molecule has 6 nitrogen and oxygen atoms in total. The molecule has 0 atom stereocenters. The highest BCUT2D eigenvalue weighted by molar-refractivity contribution is 5.87. The molecule has 0 bridgehead atoms. The summed E-state index contributed by atoms with van der Waals surface area (Å²) in [5, 5.41) is 6.44. The maximum absolute atomic E-state index is 12.4. The Hall–Kier alpha value is -3.54. The fourth-order valence-electron chi connectivity index (χ4n) is 3.14. The second-order valence-electron chi connectivity index (χ2n) is 6.25. The molecule has 0 aliphatic rings. The van der Waals surface area contributed by atoms with E-state index in [2.05, 4.69) is 10.1 Å². The fraction of sp³-hybridized carbons (Fsp3) is 0.143. The maximum atomic E-state index is 12.4. The standard InChI is InChI=1S/C21H17N3O3/c1-24-21(26)17-10-3-2-9-16(17)18(23-24)12-19(25)27-13-15-7-4-6-14-8-5-11-22-20(14)15/h2-11H,12-13H2,1H3. The van der Waals surface area contributed by atoms with Crippen LogP contribution in [0.15, 0.2) is 65.6 Å². The first-order chi connectivity index (χ1) is 13.1. The lowest BCUT2D eigenvalue weighted by Crippen LogP contribution is -2.22. The first-order valence-electron chi connectivity index (χ1n) is 8.56. The highest BCUT2D eigenvalue weighted by Crippen LogP contribution is 2.18. The number of para-hydroxylation sites is 1. The first-order valence-corrected chi connectivity index (χ1v) is 8.56. The van der Waals surface area contributed by atoms with Crippen LogP contribution in [-0.2, 0) is 29.6 Å². The molecule has 0 N–H and O–H groups in total. The monoisotopic (exact) mass is 359 g/mol. The molecule has 0 amide bonds. The Labute approximate surface area is 155 Å². The van der Waals surface area contributed by atoms with Crippen LogP contribution < -0.4 is 5.56 Å². The largest absolute Gasteiger partial charge is 0.460 e. The number of carbonyl (C=O) groups is 1. The summed E-state index contributed by atoms with van der Waals surface area (Å²) < 4.78 is 6.70. The number of nitrogens with zero attached hydrogens (tertiary/aromatic N) is 3. The van der Waals surface area contributed by atoms with Gasteiger partial charge in [0.25, 0.3) is 5.56 Å². The smallest absolute Gasteiger partial charge is 0.312 e. The molecule has 27 heavy (non-hydrogen) atoms. The Morgan fingerprint density at radius 3 is 2.67 bits per heavy atom. The van der Waals surface area contributed by atoms with Crippen LogP contribution in [0.25, 0.3) is 21.7 Å². The molecule has 2 aromatic carbocycles. The molecular weight excluding hydrogens is 342 g/mol. The molecule has 0 aliphatic heterocycles. The Morgan fingerprint density at radius 2 is 1.81 bits per heavy atom. The van der Waals surface area contributed by atoms with E-state index in [1.54, 1.807) is 31.4 Å². The molecule has 2 heterocycles. The zero-order chi connectivity index (χ0) is 18.8. The van der Waals surface area contributed by atoms with E-state index >= 15 is 0 Å². The molecule has 2 aromatic heterocycles. The molecule has 0 saturated carbocycles. The van der Waals surface area contributed by atoms with Crippen molar-refractivity contribution in [1.29, 1.82) is 0 Å². The summed E-state index contributed by atoms with van der Waals surface area (Å²) in [6, 6.07) is 16.7. The third kappa shape index (κ3) is 3.29. The number of carbonyl (C=O) groups excluding carboxylic acids is 1. The van der Waals surface area contributed by atoms with Gasteiger partial charge in [-0.05, 0) is 12.1 Å². The molecule has 0 unspecified atom stereocenters. The Kier molecular flexibility index (Phi) is 4.38. The van der Waals surface area contributed by atoms with Gasteiger partial charge in [-0.3, -0.25) is 14.6 Å². The first kappa shape index (κ1) is 16.9. The minimum Gasteiger partial charge on any atom is -0.460 e. The number of esters is 1. The summed E-state index contributed by atoms with van der Waals surface area (Å²) in [5.74, 6) is -0.403. The van der Waals surface area contributed by atoms with Crippen molar-refractivity contribution in [3.63, 3.8) is 0 Å². The van der Waals surface area contributed by atoms with Crippen molar-refractivity contribution < 1.29 is 9.53 Å². The van der Waals surface area contributed by atoms with Crippen LogP contribution in [0.1, 0.15) is 11.3 Å². The third-order valence-corrected chi connectivity index (χ3v) is 4.45. The van der Waals surface area contributed by atoms with E-state index in [1.807, 2.05) is 36.4 Å². The number of hydrogen-bond donors (Lipinski definition) is 0. The van der Waals surface area contributed by atoms with Crippen molar-refractivity contribution in [2.45, 2.75) is 13.0 Å². The lowest BCUT2D eigenvalue weighted by Gasteiger charge is -2.09. The fourth-order valence-corrected chi connectivity index (χ4v) is 3.14. The Balaban J connectivity index is 1.56. The van der Waals surface area contributed by atoms with Crippen LogP contribution in [0.3, 0.4) is 0 Å². The number of aromatic nitrogens is 3. The van der Waals surface area contributed by atoms with E-state index < -0.39 is 5.97 Å². The molecule has 0 fully saturated rings. The Morgan fingerprint density at radius 1 is 1.04 bits per heavy atom. The van der Waals surface area contributed by atoms with Gasteiger partial charge in [-0.15, -0.1) is 0 Å². The summed E-state index contributed by atoms with van der Waals surface area (Å²) in [7, 11) is 1.57. The highest BCUT2D eigenvalue weighted by atomic mass is 16.5. The quantitative estimate of drug-likeness (QED) is 0.524. The average Bonchev–Trinajstić information content (AvgIpc) is 2.70. The van der Waals surface area contributed by atoms with E-state index in [4.69, 9.17) is 4.74 Å². The van der Waals surface area contributed by atoms with Gasteiger partial charge in [0, 0.05) is 29.6 Å². The lowest BCUT2D eigenvalue weighted by molar-refractivity contribution is -0.144. The van der Waals surface area contributed by atoms with Crippen LogP contribution in [0.5, 0.6) is 0 Å². The minimum atomic E-state index is -0.403. The number of fused-ring (bicyclic) bond motifs is 2. The van der Waals surface area contributed by atoms with Gasteiger partial charge in [0.2, 0.25) is 0 Å². The highest BCUT2D eigenvalue weighted by Gasteiger charge is 2.14. The van der Waals surface area contributed by atoms with Crippen molar-refractivity contribution in [3.05, 3.63) is 82.4 Å². The predicted molar refractivity (Wildman–Crippen MR) is 102 cm³/mol. The van der Waals surface area contributed by atoms with E-state index in [0.29, 0.717) is 16.5 Å². The zero-order valence-corrected chi connectivity index (χ0v) is 14.8. The number of ether oxygens (including phenoxy) is 1. The summed E-state index contributed by atoms with van der Waals surface area (Å²) in [5.41, 5.74) is 2.00. The van der Waals surface area contributed by atoms with Crippen LogP contribution in [0, 0.1) is 0 Å². The minimum absolute atomic E-state index is 0.00712. The van der Waals surface area contributed by atoms with Crippen LogP contribution >= 0.6 is 0 Å². The third-order valence-electron chi connectivity index (χ3n) is 4.45. The van der Waals surface area contributed by atoms with Gasteiger partial charge in [-0.2, -0.15) is 5.10 Å². The summed E-state index contributed by atoms with van der Waals surface area (Å²) >= 11 is 0. The summed E-state index contributed by atoms with van der Waals surface area (Å²) in [6.07, 6.45) is 1.71. The van der Waals surface area contributed by atoms with Crippen LogP contribution in [0.2, 0.25) is 0 Å². The number of benzene rings is 2. The van der Waals surface area contributed by atoms with E-state index in [-0.39, 0.29) is 18.6 Å². The van der Waals surface area contributed by atoms with Gasteiger partial charge in [-0.25, -0.2) is 4.68 Å². The van der Waals surface area contributed by atoms with Crippen molar-refractivity contribution in [3.8, 4) is 0 Å². The van der Waals surface area contributed by atoms with Gasteiger partial charge < -0.3 is 4.74 Å². The van der Waals surface area contributed by atoms with Gasteiger partial charge in [0.15, 0.2) is 0 Å². The molecule has 0 aliphatic carbocycles. The van der Waals surface area contributed by atoms with E-state index in [0.717, 1.165) is 16.5 Å². The molecule has 4 rings (SSSR count). The summed E-state index contributed by atoms with van der Waals surface area (Å²) in [4.78, 5) is 28.9. The van der Waals surface area contributed by atoms with Gasteiger partial charge in [0.1, 0.15) is 6.61 Å². The van der Waals surface area contributed by atoms with Crippen LogP contribution in [0.4, 0.5) is 0 Å². The number of rotatable bonds is 4. The van der Waals surface area contributed by atoms with Crippen molar-refractivity contribution in [1.82, 2.24) is 14.8 Å². The van der Waals surface area contributed by atoms with Gasteiger partial charge >= 0.3 is 5.97 Å².